The fourth-order valence-corrected chi connectivity index (χ4v) is 3.24. The molecule has 0 radical (unpaired) electrons. The van der Waals surface area contributed by atoms with Gasteiger partial charge < -0.3 is 15.2 Å². The van der Waals surface area contributed by atoms with E-state index in [4.69, 9.17) is 15.2 Å². The van der Waals surface area contributed by atoms with Crippen LogP contribution in [0.15, 0.2) is 6.07 Å². The van der Waals surface area contributed by atoms with E-state index in [9.17, 15) is 0 Å². The number of hydrogen-bond acceptors (Lipinski definition) is 4. The fourth-order valence-electron chi connectivity index (χ4n) is 3.24. The minimum Gasteiger partial charge on any atom is -0.453 e. The van der Waals surface area contributed by atoms with E-state index in [1.807, 2.05) is 0 Å². The maximum atomic E-state index is 5.82. The van der Waals surface area contributed by atoms with Crippen molar-refractivity contribution in [3.63, 3.8) is 0 Å². The van der Waals surface area contributed by atoms with Crippen molar-refractivity contribution in [3.05, 3.63) is 22.8 Å². The van der Waals surface area contributed by atoms with Crippen molar-refractivity contribution in [2.75, 3.05) is 26.9 Å². The molecule has 1 aromatic rings. The van der Waals surface area contributed by atoms with Gasteiger partial charge in [0, 0.05) is 18.2 Å². The molecule has 0 amide bonds. The Labute approximate surface area is 114 Å². The van der Waals surface area contributed by atoms with E-state index in [0.717, 1.165) is 31.0 Å². The predicted molar refractivity (Wildman–Crippen MR) is 74.6 cm³/mol. The van der Waals surface area contributed by atoms with Crippen LogP contribution in [0.2, 0.25) is 0 Å². The molecular weight excluding hydrogens is 240 g/mol. The Kier molecular flexibility index (Phi) is 3.15. The Morgan fingerprint density at radius 1 is 1.32 bits per heavy atom. The van der Waals surface area contributed by atoms with E-state index < -0.39 is 0 Å². The first-order valence-electron chi connectivity index (χ1n) is 6.91. The van der Waals surface area contributed by atoms with Crippen molar-refractivity contribution < 1.29 is 9.47 Å². The van der Waals surface area contributed by atoms with Crippen LogP contribution < -0.4 is 15.2 Å². The lowest BCUT2D eigenvalue weighted by Gasteiger charge is -2.22. The zero-order valence-electron chi connectivity index (χ0n) is 11.9. The molecule has 1 saturated heterocycles. The second-order valence-electron chi connectivity index (χ2n) is 5.77. The largest absolute Gasteiger partial charge is 0.453 e. The lowest BCUT2D eigenvalue weighted by atomic mass is 9.95. The molecule has 0 aliphatic carbocycles. The van der Waals surface area contributed by atoms with Gasteiger partial charge in [-0.1, -0.05) is 6.07 Å². The summed E-state index contributed by atoms with van der Waals surface area (Å²) in [6, 6.07) is 2.64. The van der Waals surface area contributed by atoms with Gasteiger partial charge >= 0.3 is 0 Å². The molecule has 104 valence electrons. The first kappa shape index (κ1) is 12.8. The summed E-state index contributed by atoms with van der Waals surface area (Å²) in [5, 5.41) is 0. The van der Waals surface area contributed by atoms with Crippen LogP contribution in [0.1, 0.15) is 29.2 Å². The second-order valence-corrected chi connectivity index (χ2v) is 5.77. The quantitative estimate of drug-likeness (QED) is 0.885. The van der Waals surface area contributed by atoms with Crippen molar-refractivity contribution in [2.45, 2.75) is 26.3 Å². The molecule has 3 rings (SSSR count). The average Bonchev–Trinajstić information content (AvgIpc) is 3.00. The monoisotopic (exact) mass is 262 g/mol. The number of hydrogen-bond donors (Lipinski definition) is 1. The molecule has 0 saturated carbocycles. The van der Waals surface area contributed by atoms with Crippen molar-refractivity contribution in [1.29, 1.82) is 0 Å². The van der Waals surface area contributed by atoms with Crippen molar-refractivity contribution in [3.8, 4) is 11.5 Å². The van der Waals surface area contributed by atoms with Crippen LogP contribution in [-0.4, -0.2) is 31.8 Å². The molecule has 2 aliphatic rings. The third-order valence-corrected chi connectivity index (χ3v) is 4.51. The molecule has 2 heterocycles. The van der Waals surface area contributed by atoms with Crippen LogP contribution in [0.5, 0.6) is 11.5 Å². The molecule has 1 aromatic carbocycles. The minimum absolute atomic E-state index is 0.337. The third-order valence-electron chi connectivity index (χ3n) is 4.51. The highest BCUT2D eigenvalue weighted by Gasteiger charge is 2.34. The molecule has 0 spiro atoms. The topological polar surface area (TPSA) is 47.7 Å². The van der Waals surface area contributed by atoms with Gasteiger partial charge in [0.25, 0.3) is 0 Å². The van der Waals surface area contributed by atoms with Gasteiger partial charge in [-0.2, -0.15) is 0 Å². The van der Waals surface area contributed by atoms with Crippen molar-refractivity contribution >= 4 is 0 Å². The van der Waals surface area contributed by atoms with Crippen molar-refractivity contribution in [2.24, 2.45) is 11.7 Å². The lowest BCUT2D eigenvalue weighted by molar-refractivity contribution is 0.171. The van der Waals surface area contributed by atoms with Gasteiger partial charge in [-0.25, -0.2) is 0 Å². The van der Waals surface area contributed by atoms with Crippen LogP contribution >= 0.6 is 0 Å². The molecule has 2 atom stereocenters. The summed E-state index contributed by atoms with van der Waals surface area (Å²) in [5.41, 5.74) is 9.53. The highest BCUT2D eigenvalue weighted by Crippen LogP contribution is 2.46. The summed E-state index contributed by atoms with van der Waals surface area (Å²) in [7, 11) is 2.16. The van der Waals surface area contributed by atoms with Gasteiger partial charge in [0.1, 0.15) is 0 Å². The molecule has 0 aromatic heterocycles. The first-order chi connectivity index (χ1) is 9.11. The number of fused-ring (bicyclic) bond motifs is 1. The standard InChI is InChI=1S/C15H22N2O2/c1-9-4-12(13-5-11(6-16)7-17(13)3)15-14(10(9)2)18-8-19-15/h4,11,13H,5-8,16H2,1-3H3. The molecule has 2 N–H and O–H groups in total. The van der Waals surface area contributed by atoms with Gasteiger partial charge in [0.15, 0.2) is 11.5 Å². The summed E-state index contributed by atoms with van der Waals surface area (Å²) >= 11 is 0. The SMILES string of the molecule is Cc1cc(C2CC(CN)CN2C)c2c(c1C)OCO2. The maximum absolute atomic E-state index is 5.82. The molecule has 4 nitrogen and oxygen atoms in total. The smallest absolute Gasteiger partial charge is 0.231 e. The molecule has 4 heteroatoms. The summed E-state index contributed by atoms with van der Waals surface area (Å²) in [6.45, 7) is 6.38. The summed E-state index contributed by atoms with van der Waals surface area (Å²) in [6.07, 6.45) is 1.10. The number of nitrogens with zero attached hydrogens (tertiary/aromatic N) is 1. The molecular formula is C15H22N2O2. The molecule has 19 heavy (non-hydrogen) atoms. The lowest BCUT2D eigenvalue weighted by Crippen LogP contribution is -2.20. The maximum Gasteiger partial charge on any atom is 0.231 e. The van der Waals surface area contributed by atoms with E-state index in [0.29, 0.717) is 18.8 Å². The number of likely N-dealkylation sites (tertiary alicyclic amines) is 1. The van der Waals surface area contributed by atoms with E-state index >= 15 is 0 Å². The number of nitrogens with two attached hydrogens (primary N) is 1. The van der Waals surface area contributed by atoms with Crippen molar-refractivity contribution in [1.82, 2.24) is 4.90 Å². The number of rotatable bonds is 2. The normalized spacial score (nSPS) is 26.1. The fraction of sp³-hybridized carbons (Fsp3) is 0.600. The van der Waals surface area contributed by atoms with Gasteiger partial charge in [0.05, 0.1) is 0 Å². The Bertz CT molecular complexity index is 501. The van der Waals surface area contributed by atoms with Gasteiger partial charge in [-0.05, 0) is 50.9 Å². The Morgan fingerprint density at radius 3 is 2.74 bits per heavy atom. The highest BCUT2D eigenvalue weighted by atomic mass is 16.7. The van der Waals surface area contributed by atoms with Gasteiger partial charge in [-0.3, -0.25) is 4.90 Å². The molecule has 0 bridgehead atoms. The van der Waals surface area contributed by atoms with E-state index in [1.54, 1.807) is 0 Å². The predicted octanol–water partition coefficient (Wildman–Crippen LogP) is 1.98. The zero-order chi connectivity index (χ0) is 13.6. The van der Waals surface area contributed by atoms with Crippen LogP contribution in [0.25, 0.3) is 0 Å². The Balaban J connectivity index is 2.02. The third kappa shape index (κ3) is 1.99. The number of aryl methyl sites for hydroxylation is 1. The van der Waals surface area contributed by atoms with Crippen LogP contribution in [0, 0.1) is 19.8 Å². The van der Waals surface area contributed by atoms with E-state index in [-0.39, 0.29) is 0 Å². The summed E-state index contributed by atoms with van der Waals surface area (Å²) in [5.74, 6) is 2.45. The zero-order valence-corrected chi connectivity index (χ0v) is 11.9. The average molecular weight is 262 g/mol. The Hall–Kier alpha value is -1.26. The minimum atomic E-state index is 0.337. The van der Waals surface area contributed by atoms with Crippen LogP contribution in [-0.2, 0) is 0 Å². The van der Waals surface area contributed by atoms with Gasteiger partial charge in [-0.15, -0.1) is 0 Å². The Morgan fingerprint density at radius 2 is 2.05 bits per heavy atom. The highest BCUT2D eigenvalue weighted by molar-refractivity contribution is 5.57. The van der Waals surface area contributed by atoms with Crippen LogP contribution in [0.4, 0.5) is 0 Å². The van der Waals surface area contributed by atoms with Gasteiger partial charge in [0.2, 0.25) is 6.79 Å². The number of benzene rings is 1. The molecule has 2 aliphatic heterocycles. The molecule has 2 unspecified atom stereocenters. The van der Waals surface area contributed by atoms with E-state index in [2.05, 4.69) is 31.9 Å². The summed E-state index contributed by atoms with van der Waals surface area (Å²) in [4.78, 5) is 2.38. The second kappa shape index (κ2) is 4.69. The first-order valence-corrected chi connectivity index (χ1v) is 6.91. The molecule has 1 fully saturated rings. The summed E-state index contributed by atoms with van der Waals surface area (Å²) < 4.78 is 11.3. The van der Waals surface area contributed by atoms with E-state index in [1.165, 1.54) is 16.7 Å². The van der Waals surface area contributed by atoms with Crippen LogP contribution in [0.3, 0.4) is 0 Å². The number of ether oxygens (including phenoxy) is 2.